The molecule has 0 bridgehead atoms. The van der Waals surface area contributed by atoms with Crippen molar-refractivity contribution < 1.29 is 4.74 Å². The Morgan fingerprint density at radius 1 is 1.37 bits per heavy atom. The number of hydrogen-bond donors (Lipinski definition) is 1. The highest BCUT2D eigenvalue weighted by molar-refractivity contribution is 9.10. The Morgan fingerprint density at radius 3 is 2.79 bits per heavy atom. The van der Waals surface area contributed by atoms with Gasteiger partial charge in [-0.1, -0.05) is 22.0 Å². The van der Waals surface area contributed by atoms with Gasteiger partial charge < -0.3 is 10.1 Å². The molecule has 104 valence electrons. The number of hydrogen-bond acceptors (Lipinski definition) is 2. The van der Waals surface area contributed by atoms with Gasteiger partial charge in [-0.3, -0.25) is 0 Å². The zero-order valence-electron chi connectivity index (χ0n) is 11.5. The summed E-state index contributed by atoms with van der Waals surface area (Å²) in [5.74, 6) is 1.04. The number of benzene rings is 1. The molecule has 19 heavy (non-hydrogen) atoms. The minimum atomic E-state index is 0.0907. The molecule has 0 amide bonds. The van der Waals surface area contributed by atoms with Crippen LogP contribution in [0.2, 0.25) is 0 Å². The third-order valence-electron chi connectivity index (χ3n) is 4.33. The number of rotatable bonds is 6. The van der Waals surface area contributed by atoms with Crippen molar-refractivity contribution in [2.75, 3.05) is 6.54 Å². The molecule has 2 aliphatic carbocycles. The van der Waals surface area contributed by atoms with E-state index in [2.05, 4.69) is 46.4 Å². The van der Waals surface area contributed by atoms with Gasteiger partial charge in [-0.2, -0.15) is 0 Å². The van der Waals surface area contributed by atoms with E-state index in [0.29, 0.717) is 0 Å². The Hall–Kier alpha value is -0.540. The first-order chi connectivity index (χ1) is 9.17. The molecule has 0 saturated heterocycles. The molecule has 2 aliphatic rings. The lowest BCUT2D eigenvalue weighted by Gasteiger charge is -2.42. The molecule has 3 heteroatoms. The summed E-state index contributed by atoms with van der Waals surface area (Å²) in [7, 11) is 0. The predicted molar refractivity (Wildman–Crippen MR) is 81.7 cm³/mol. The summed E-state index contributed by atoms with van der Waals surface area (Å²) in [4.78, 5) is 0. The van der Waals surface area contributed by atoms with Gasteiger partial charge in [0, 0.05) is 10.5 Å². The molecule has 3 rings (SSSR count). The SMILES string of the molecule is Cc1ccc(Br)cc1OC1(CCNC2CC2)CCC1. The maximum atomic E-state index is 6.38. The van der Waals surface area contributed by atoms with Gasteiger partial charge in [-0.25, -0.2) is 0 Å². The molecule has 0 radical (unpaired) electrons. The van der Waals surface area contributed by atoms with Crippen molar-refractivity contribution in [1.82, 2.24) is 5.32 Å². The fourth-order valence-corrected chi connectivity index (χ4v) is 3.02. The molecule has 0 aromatic heterocycles. The third-order valence-corrected chi connectivity index (χ3v) is 4.83. The van der Waals surface area contributed by atoms with Crippen molar-refractivity contribution in [2.24, 2.45) is 0 Å². The highest BCUT2D eigenvalue weighted by atomic mass is 79.9. The standard InChI is InChI=1S/C16H22BrNO/c1-12-3-4-13(17)11-15(12)19-16(7-2-8-16)9-10-18-14-5-6-14/h3-4,11,14,18H,2,5-10H2,1H3. The lowest BCUT2D eigenvalue weighted by molar-refractivity contribution is -0.0148. The number of nitrogens with one attached hydrogen (secondary N) is 1. The highest BCUT2D eigenvalue weighted by Gasteiger charge is 2.39. The van der Waals surface area contributed by atoms with Crippen LogP contribution in [0.25, 0.3) is 0 Å². The Labute approximate surface area is 124 Å². The van der Waals surface area contributed by atoms with Gasteiger partial charge in [0.2, 0.25) is 0 Å². The Morgan fingerprint density at radius 2 is 2.16 bits per heavy atom. The number of halogens is 1. The topological polar surface area (TPSA) is 21.3 Å². The first kappa shape index (κ1) is 13.4. The van der Waals surface area contributed by atoms with Crippen molar-refractivity contribution >= 4 is 15.9 Å². The quantitative estimate of drug-likeness (QED) is 0.847. The summed E-state index contributed by atoms with van der Waals surface area (Å²) in [6.45, 7) is 3.22. The molecule has 0 unspecified atom stereocenters. The summed E-state index contributed by atoms with van der Waals surface area (Å²) in [5, 5.41) is 3.60. The van der Waals surface area contributed by atoms with E-state index in [0.717, 1.165) is 29.2 Å². The van der Waals surface area contributed by atoms with Crippen LogP contribution in [-0.4, -0.2) is 18.2 Å². The van der Waals surface area contributed by atoms with Gasteiger partial charge >= 0.3 is 0 Å². The van der Waals surface area contributed by atoms with Crippen LogP contribution in [0, 0.1) is 6.92 Å². The van der Waals surface area contributed by atoms with Crippen LogP contribution in [-0.2, 0) is 0 Å². The first-order valence-electron chi connectivity index (χ1n) is 7.35. The monoisotopic (exact) mass is 323 g/mol. The second-order valence-corrected chi connectivity index (χ2v) is 6.94. The van der Waals surface area contributed by atoms with E-state index in [-0.39, 0.29) is 5.60 Å². The molecular formula is C16H22BrNO. The minimum absolute atomic E-state index is 0.0907. The lowest BCUT2D eigenvalue weighted by Crippen LogP contribution is -2.45. The summed E-state index contributed by atoms with van der Waals surface area (Å²) < 4.78 is 7.48. The number of aryl methyl sites for hydroxylation is 1. The van der Waals surface area contributed by atoms with Crippen LogP contribution >= 0.6 is 15.9 Å². The van der Waals surface area contributed by atoms with Gasteiger partial charge in [-0.05, 0) is 69.7 Å². The predicted octanol–water partition coefficient (Wildman–Crippen LogP) is 4.20. The van der Waals surface area contributed by atoms with Gasteiger partial charge in [0.1, 0.15) is 11.4 Å². The third kappa shape index (κ3) is 3.32. The molecule has 1 N–H and O–H groups in total. The molecule has 2 fully saturated rings. The second-order valence-electron chi connectivity index (χ2n) is 6.03. The maximum absolute atomic E-state index is 6.38. The fourth-order valence-electron chi connectivity index (χ4n) is 2.68. The summed E-state index contributed by atoms with van der Waals surface area (Å²) in [6, 6.07) is 7.09. The van der Waals surface area contributed by atoms with Crippen molar-refractivity contribution in [3.63, 3.8) is 0 Å². The van der Waals surface area contributed by atoms with E-state index in [1.807, 2.05) is 0 Å². The first-order valence-corrected chi connectivity index (χ1v) is 8.15. The largest absolute Gasteiger partial charge is 0.487 e. The van der Waals surface area contributed by atoms with Crippen LogP contribution < -0.4 is 10.1 Å². The van der Waals surface area contributed by atoms with Gasteiger partial charge in [0.25, 0.3) is 0 Å². The average Bonchev–Trinajstić information content (AvgIpc) is 3.14. The molecule has 2 nitrogen and oxygen atoms in total. The molecule has 1 aromatic carbocycles. The van der Waals surface area contributed by atoms with Gasteiger partial charge in [-0.15, -0.1) is 0 Å². The van der Waals surface area contributed by atoms with Crippen LogP contribution in [0.1, 0.15) is 44.1 Å². The smallest absolute Gasteiger partial charge is 0.124 e. The average molecular weight is 324 g/mol. The van der Waals surface area contributed by atoms with E-state index >= 15 is 0 Å². The summed E-state index contributed by atoms with van der Waals surface area (Å²) in [6.07, 6.45) is 7.56. The van der Waals surface area contributed by atoms with Crippen molar-refractivity contribution in [3.8, 4) is 5.75 Å². The van der Waals surface area contributed by atoms with Crippen LogP contribution in [0.4, 0.5) is 0 Å². The van der Waals surface area contributed by atoms with E-state index in [1.54, 1.807) is 0 Å². The zero-order valence-corrected chi connectivity index (χ0v) is 13.1. The van der Waals surface area contributed by atoms with Crippen molar-refractivity contribution in [1.29, 1.82) is 0 Å². The van der Waals surface area contributed by atoms with Crippen molar-refractivity contribution in [2.45, 2.75) is 57.1 Å². The molecule has 0 spiro atoms. The lowest BCUT2D eigenvalue weighted by atomic mass is 9.77. The fraction of sp³-hybridized carbons (Fsp3) is 0.625. The van der Waals surface area contributed by atoms with Gasteiger partial charge in [0.05, 0.1) is 0 Å². The normalized spacial score (nSPS) is 20.9. The van der Waals surface area contributed by atoms with E-state index in [1.165, 1.54) is 37.7 Å². The molecule has 2 saturated carbocycles. The van der Waals surface area contributed by atoms with E-state index in [4.69, 9.17) is 4.74 Å². The number of ether oxygens (including phenoxy) is 1. The van der Waals surface area contributed by atoms with Crippen molar-refractivity contribution in [3.05, 3.63) is 28.2 Å². The zero-order chi connectivity index (χ0) is 13.3. The summed E-state index contributed by atoms with van der Waals surface area (Å²) >= 11 is 3.53. The Balaban J connectivity index is 1.62. The van der Waals surface area contributed by atoms with Crippen LogP contribution in [0.5, 0.6) is 5.75 Å². The Bertz CT molecular complexity index is 452. The molecular weight excluding hydrogens is 302 g/mol. The second kappa shape index (κ2) is 5.45. The molecule has 0 atom stereocenters. The van der Waals surface area contributed by atoms with Crippen LogP contribution in [0.3, 0.4) is 0 Å². The maximum Gasteiger partial charge on any atom is 0.124 e. The van der Waals surface area contributed by atoms with E-state index in [9.17, 15) is 0 Å². The Kier molecular flexibility index (Phi) is 3.86. The highest BCUT2D eigenvalue weighted by Crippen LogP contribution is 2.40. The van der Waals surface area contributed by atoms with Gasteiger partial charge in [0.15, 0.2) is 0 Å². The van der Waals surface area contributed by atoms with E-state index < -0.39 is 0 Å². The molecule has 1 aromatic rings. The summed E-state index contributed by atoms with van der Waals surface area (Å²) in [5.41, 5.74) is 1.32. The molecule has 0 aliphatic heterocycles. The minimum Gasteiger partial charge on any atom is -0.487 e. The van der Waals surface area contributed by atoms with Crippen LogP contribution in [0.15, 0.2) is 22.7 Å². The molecule has 0 heterocycles.